The highest BCUT2D eigenvalue weighted by Crippen LogP contribution is 2.56. The third-order valence-corrected chi connectivity index (χ3v) is 9.00. The molecular formula is C35H28N2O5. The fraction of sp³-hybridized carbons (Fsp3) is 0.200. The number of ketones is 2. The Kier molecular flexibility index (Phi) is 6.04. The first-order chi connectivity index (χ1) is 20.3. The van der Waals surface area contributed by atoms with E-state index in [1.807, 2.05) is 48.5 Å². The quantitative estimate of drug-likeness (QED) is 0.240. The zero-order valence-electron chi connectivity index (χ0n) is 22.9. The molecule has 7 rings (SSSR count). The zero-order chi connectivity index (χ0) is 29.1. The molecule has 0 radical (unpaired) electrons. The first kappa shape index (κ1) is 25.9. The van der Waals surface area contributed by atoms with E-state index in [0.717, 1.165) is 16.9 Å². The summed E-state index contributed by atoms with van der Waals surface area (Å²) in [5.74, 6) is -3.36. The normalized spacial score (nSPS) is 25.0. The Balaban J connectivity index is 1.25. The second-order valence-electron chi connectivity index (χ2n) is 11.3. The van der Waals surface area contributed by atoms with Crippen LogP contribution >= 0.6 is 0 Å². The number of imide groups is 1. The maximum Gasteiger partial charge on any atom is 0.238 e. The molecule has 4 atom stereocenters. The van der Waals surface area contributed by atoms with E-state index in [0.29, 0.717) is 34.4 Å². The fourth-order valence-corrected chi connectivity index (χ4v) is 7.11. The summed E-state index contributed by atoms with van der Waals surface area (Å²) >= 11 is 0. The lowest BCUT2D eigenvalue weighted by Gasteiger charge is -2.42. The van der Waals surface area contributed by atoms with Crippen LogP contribution in [-0.2, 0) is 19.2 Å². The molecule has 4 aliphatic rings. The van der Waals surface area contributed by atoms with Gasteiger partial charge in [0.25, 0.3) is 0 Å². The second kappa shape index (κ2) is 9.80. The molecule has 1 saturated heterocycles. The molecule has 1 aliphatic heterocycles. The molecule has 0 aromatic heterocycles. The summed E-state index contributed by atoms with van der Waals surface area (Å²) in [5, 5.41) is 14.1. The first-order valence-corrected chi connectivity index (χ1v) is 14.1. The number of fused-ring (bicyclic) bond motifs is 3. The van der Waals surface area contributed by atoms with E-state index in [2.05, 4.69) is 5.32 Å². The fourth-order valence-electron chi connectivity index (χ4n) is 7.11. The summed E-state index contributed by atoms with van der Waals surface area (Å²) in [6.07, 6.45) is 3.87. The number of nitrogens with zero attached hydrogens (tertiary/aromatic N) is 1. The smallest absolute Gasteiger partial charge is 0.238 e. The van der Waals surface area contributed by atoms with Gasteiger partial charge in [0.05, 0.1) is 17.5 Å². The average Bonchev–Trinajstić information content (AvgIpc) is 3.25. The van der Waals surface area contributed by atoms with Crippen molar-refractivity contribution in [1.82, 2.24) is 0 Å². The van der Waals surface area contributed by atoms with Crippen molar-refractivity contribution in [2.75, 3.05) is 10.2 Å². The van der Waals surface area contributed by atoms with Crippen molar-refractivity contribution < 1.29 is 24.3 Å². The number of aromatic hydroxyl groups is 1. The van der Waals surface area contributed by atoms with E-state index in [1.54, 1.807) is 43.3 Å². The van der Waals surface area contributed by atoms with E-state index < -0.39 is 23.7 Å². The summed E-state index contributed by atoms with van der Waals surface area (Å²) in [7, 11) is 0. The van der Waals surface area contributed by atoms with Crippen molar-refractivity contribution in [3.63, 3.8) is 0 Å². The highest BCUT2D eigenvalue weighted by molar-refractivity contribution is 6.25. The largest absolute Gasteiger partial charge is 0.508 e. The van der Waals surface area contributed by atoms with E-state index in [4.69, 9.17) is 0 Å². The number of phenols is 1. The maximum absolute atomic E-state index is 14.1. The molecule has 208 valence electrons. The summed E-state index contributed by atoms with van der Waals surface area (Å²) in [4.78, 5) is 55.9. The Morgan fingerprint density at radius 2 is 1.50 bits per heavy atom. The minimum atomic E-state index is -0.670. The number of hydrogen-bond acceptors (Lipinski definition) is 6. The van der Waals surface area contributed by atoms with E-state index in [9.17, 15) is 24.3 Å². The van der Waals surface area contributed by atoms with Crippen molar-refractivity contribution in [2.24, 2.45) is 17.8 Å². The summed E-state index contributed by atoms with van der Waals surface area (Å²) < 4.78 is 0. The Morgan fingerprint density at radius 1 is 0.810 bits per heavy atom. The van der Waals surface area contributed by atoms with Gasteiger partial charge in [-0.15, -0.1) is 0 Å². The molecule has 0 spiro atoms. The van der Waals surface area contributed by atoms with Crippen LogP contribution in [0.4, 0.5) is 17.1 Å². The molecule has 7 nitrogen and oxygen atoms in total. The number of benzene rings is 3. The Bertz CT molecular complexity index is 1770. The molecule has 3 aromatic rings. The van der Waals surface area contributed by atoms with Gasteiger partial charge in [0.1, 0.15) is 5.75 Å². The van der Waals surface area contributed by atoms with Crippen molar-refractivity contribution in [2.45, 2.75) is 25.7 Å². The zero-order valence-corrected chi connectivity index (χ0v) is 22.9. The van der Waals surface area contributed by atoms with Gasteiger partial charge in [-0.05, 0) is 74.2 Å². The lowest BCUT2D eigenvalue weighted by molar-refractivity contribution is -0.123. The van der Waals surface area contributed by atoms with Crippen molar-refractivity contribution >= 4 is 40.4 Å². The summed E-state index contributed by atoms with van der Waals surface area (Å²) in [5.41, 5.74) is 4.68. The lowest BCUT2D eigenvalue weighted by Crippen LogP contribution is -2.39. The van der Waals surface area contributed by atoms with Gasteiger partial charge in [-0.25, -0.2) is 0 Å². The minimum Gasteiger partial charge on any atom is -0.508 e. The van der Waals surface area contributed by atoms with Crippen LogP contribution in [0.25, 0.3) is 0 Å². The number of carbonyl (C=O) groups excluding carboxylic acids is 4. The number of carbonyl (C=O) groups is 4. The molecule has 0 saturated carbocycles. The molecular weight excluding hydrogens is 528 g/mol. The molecule has 3 aromatic carbocycles. The van der Waals surface area contributed by atoms with Crippen molar-refractivity contribution in [1.29, 1.82) is 0 Å². The molecule has 1 fully saturated rings. The summed E-state index contributed by atoms with van der Waals surface area (Å²) in [6.45, 7) is 1.62. The molecule has 1 heterocycles. The summed E-state index contributed by atoms with van der Waals surface area (Å²) in [6, 6.07) is 23.7. The highest BCUT2D eigenvalue weighted by Gasteiger charge is 2.56. The first-order valence-electron chi connectivity index (χ1n) is 14.1. The van der Waals surface area contributed by atoms with Gasteiger partial charge in [0.15, 0.2) is 11.6 Å². The number of rotatable bonds is 4. The molecule has 2 N–H and O–H groups in total. The molecule has 7 heteroatoms. The van der Waals surface area contributed by atoms with Crippen LogP contribution < -0.4 is 10.2 Å². The van der Waals surface area contributed by atoms with E-state index in [-0.39, 0.29) is 35.6 Å². The molecule has 2 amide bonds. The van der Waals surface area contributed by atoms with E-state index in [1.165, 1.54) is 11.0 Å². The third kappa shape index (κ3) is 3.96. The van der Waals surface area contributed by atoms with Crippen LogP contribution in [0.3, 0.4) is 0 Å². The number of hydrogen-bond donors (Lipinski definition) is 2. The van der Waals surface area contributed by atoms with Crippen LogP contribution in [-0.4, -0.2) is 28.5 Å². The lowest BCUT2D eigenvalue weighted by atomic mass is 9.59. The standard InChI is InChI=1S/C35H28N2O5/c1-19-17-29(39)32-27(33(19)40)18-26-23(30(32)24-9-5-6-10-28(24)38)15-16-25-31(26)35(42)37(34(25)41)22-13-11-21(12-14-22)36-20-7-3-2-4-8-20/h2-15,17,25-26,30-31,36,38H,16,18H2,1H3. The van der Waals surface area contributed by atoms with Crippen LogP contribution in [0.15, 0.2) is 113 Å². The second-order valence-corrected chi connectivity index (χ2v) is 11.3. The van der Waals surface area contributed by atoms with Crippen LogP contribution in [0, 0.1) is 17.8 Å². The molecule has 3 aliphatic carbocycles. The Labute approximate surface area is 242 Å². The van der Waals surface area contributed by atoms with Crippen LogP contribution in [0.5, 0.6) is 5.75 Å². The molecule has 0 bridgehead atoms. The van der Waals surface area contributed by atoms with Crippen LogP contribution in [0.1, 0.15) is 31.2 Å². The number of phenolic OH excluding ortho intramolecular Hbond substituents is 1. The molecule has 42 heavy (non-hydrogen) atoms. The van der Waals surface area contributed by atoms with Gasteiger partial charge < -0.3 is 10.4 Å². The monoisotopic (exact) mass is 556 g/mol. The number of para-hydroxylation sites is 2. The molecule has 4 unspecified atom stereocenters. The maximum atomic E-state index is 14.1. The SMILES string of the molecule is CC1=CC(=O)C2=C(CC3C(=CCC4C(=O)N(c5ccc(Nc6ccccc6)cc5)C(=O)C43)C2c2ccccc2O)C1=O. The number of Topliss-reactive ketones (excluding diaryl/α,β-unsaturated/α-hetero) is 1. The average molecular weight is 557 g/mol. The van der Waals surface area contributed by atoms with Gasteiger partial charge >= 0.3 is 0 Å². The number of amides is 2. The number of allylic oxidation sites excluding steroid dienone is 6. The van der Waals surface area contributed by atoms with Crippen molar-refractivity contribution in [3.8, 4) is 5.75 Å². The van der Waals surface area contributed by atoms with Gasteiger partial charge in [-0.3, -0.25) is 24.1 Å². The Morgan fingerprint density at radius 3 is 2.24 bits per heavy atom. The van der Waals surface area contributed by atoms with Crippen molar-refractivity contribution in [3.05, 3.63) is 119 Å². The highest BCUT2D eigenvalue weighted by atomic mass is 16.3. The minimum absolute atomic E-state index is 0.0178. The Hall–Kier alpha value is -5.04. The number of anilines is 3. The predicted molar refractivity (Wildman–Crippen MR) is 158 cm³/mol. The third-order valence-electron chi connectivity index (χ3n) is 9.00. The topological polar surface area (TPSA) is 104 Å². The predicted octanol–water partition coefficient (Wildman–Crippen LogP) is 5.77. The van der Waals surface area contributed by atoms with E-state index >= 15 is 0 Å². The number of nitrogens with one attached hydrogen (secondary N) is 1. The van der Waals surface area contributed by atoms with Gasteiger partial charge in [-0.2, -0.15) is 0 Å². The van der Waals surface area contributed by atoms with Gasteiger partial charge in [-0.1, -0.05) is 48.0 Å². The van der Waals surface area contributed by atoms with Gasteiger partial charge in [0.2, 0.25) is 11.8 Å². The van der Waals surface area contributed by atoms with Gasteiger partial charge in [0, 0.05) is 39.6 Å². The van der Waals surface area contributed by atoms with Crippen LogP contribution in [0.2, 0.25) is 0 Å².